The van der Waals surface area contributed by atoms with E-state index in [1.54, 1.807) is 0 Å². The van der Waals surface area contributed by atoms with Crippen LogP contribution >= 0.6 is 30.5 Å². The van der Waals surface area contributed by atoms with Crippen molar-refractivity contribution in [2.75, 3.05) is 12.7 Å². The quantitative estimate of drug-likeness (QED) is 0.295. The van der Waals surface area contributed by atoms with Crippen LogP contribution in [0.15, 0.2) is 91.0 Å². The molecule has 0 aliphatic rings. The summed E-state index contributed by atoms with van der Waals surface area (Å²) >= 11 is 11.2. The molecule has 0 unspecified atom stereocenters. The molecule has 29 heavy (non-hydrogen) atoms. The Bertz CT molecular complexity index is 792. The fraction of sp³-hybridized carbons (Fsp3) is 0.208. The van der Waals surface area contributed by atoms with Crippen LogP contribution in [-0.2, 0) is 4.79 Å². The van der Waals surface area contributed by atoms with Crippen LogP contribution in [0.25, 0.3) is 0 Å². The Morgan fingerprint density at radius 2 is 1.14 bits per heavy atom. The molecule has 0 radical (unpaired) electrons. The van der Waals surface area contributed by atoms with E-state index in [0.29, 0.717) is 6.54 Å². The minimum absolute atomic E-state index is 0.328. The summed E-state index contributed by atoms with van der Waals surface area (Å²) in [7, 11) is -2.19. The average molecular weight is 446 g/mol. The number of nitrogens with one attached hydrogen (secondary N) is 1. The molecule has 0 fully saturated rings. The number of amides is 1. The predicted molar refractivity (Wildman–Crippen MR) is 129 cm³/mol. The van der Waals surface area contributed by atoms with Crippen molar-refractivity contribution in [1.82, 2.24) is 5.32 Å². The number of hydrogen-bond acceptors (Lipinski definition) is 1. The van der Waals surface area contributed by atoms with Crippen molar-refractivity contribution in [3.8, 4) is 0 Å². The van der Waals surface area contributed by atoms with Crippen LogP contribution in [0, 0.1) is 0 Å². The monoisotopic (exact) mass is 445 g/mol. The van der Waals surface area contributed by atoms with Crippen molar-refractivity contribution in [3.63, 3.8) is 0 Å². The molecule has 0 bridgehead atoms. The minimum atomic E-state index is -2.19. The summed E-state index contributed by atoms with van der Waals surface area (Å²) in [5.74, 6) is -0.328. The van der Waals surface area contributed by atoms with Gasteiger partial charge in [0.25, 0.3) is 0 Å². The van der Waals surface area contributed by atoms with Gasteiger partial charge in [-0.05, 0) is 0 Å². The number of hydrogen-bond donors (Lipinski definition) is 1. The fourth-order valence-electron chi connectivity index (χ4n) is 3.90. The van der Waals surface area contributed by atoms with Crippen LogP contribution < -0.4 is 21.2 Å². The Kier molecular flexibility index (Phi) is 8.12. The van der Waals surface area contributed by atoms with Crippen LogP contribution in [0.4, 0.5) is 0 Å². The van der Waals surface area contributed by atoms with Gasteiger partial charge in [-0.25, -0.2) is 0 Å². The molecule has 2 nitrogen and oxygen atoms in total. The number of unbranched alkanes of at least 4 members (excludes halogenated alkanes) is 1. The van der Waals surface area contributed by atoms with Gasteiger partial charge in [0.1, 0.15) is 0 Å². The number of halogens is 2. The molecule has 0 saturated carbocycles. The van der Waals surface area contributed by atoms with Crippen molar-refractivity contribution in [3.05, 3.63) is 91.0 Å². The first-order valence-electron chi connectivity index (χ1n) is 9.87. The third kappa shape index (κ3) is 5.39. The normalized spacial score (nSPS) is 12.0. The second-order valence-electron chi connectivity index (χ2n) is 7.05. The van der Waals surface area contributed by atoms with Crippen molar-refractivity contribution in [1.29, 1.82) is 0 Å². The molecule has 0 saturated heterocycles. The number of carbonyl (C=O) groups excluding carboxylic acids is 1. The molecule has 0 atom stereocenters. The Balaban J connectivity index is 1.92. The summed E-state index contributed by atoms with van der Waals surface area (Å²) in [4.78, 5) is 10.6. The van der Waals surface area contributed by atoms with E-state index in [-0.39, 0.29) is 5.91 Å². The van der Waals surface area contributed by atoms with E-state index < -0.39 is 12.1 Å². The van der Waals surface area contributed by atoms with E-state index in [0.717, 1.165) is 19.0 Å². The molecular weight excluding hydrogens is 420 g/mol. The van der Waals surface area contributed by atoms with Gasteiger partial charge in [-0.3, -0.25) is 0 Å². The third-order valence-electron chi connectivity index (χ3n) is 5.28. The van der Waals surface area contributed by atoms with Gasteiger partial charge in [0.15, 0.2) is 0 Å². The van der Waals surface area contributed by atoms with Gasteiger partial charge in [-0.15, -0.1) is 0 Å². The third-order valence-corrected chi connectivity index (χ3v) is 10.7. The number of carbonyl (C=O) groups is 1. The molecule has 152 valence electrons. The van der Waals surface area contributed by atoms with Crippen LogP contribution in [-0.4, -0.2) is 23.5 Å². The van der Waals surface area contributed by atoms with Gasteiger partial charge in [-0.1, -0.05) is 0 Å². The summed E-state index contributed by atoms with van der Waals surface area (Å²) in [6.07, 6.45) is 2.94. The summed E-state index contributed by atoms with van der Waals surface area (Å²) < 4.78 is 0. The molecule has 0 heterocycles. The second kappa shape index (κ2) is 10.8. The summed E-state index contributed by atoms with van der Waals surface area (Å²) in [5, 5.41) is 7.02. The van der Waals surface area contributed by atoms with E-state index in [1.807, 2.05) is 0 Å². The van der Waals surface area contributed by atoms with Gasteiger partial charge in [0.2, 0.25) is 0 Å². The molecule has 1 amide bonds. The first kappa shape index (κ1) is 21.8. The van der Waals surface area contributed by atoms with E-state index in [1.165, 1.54) is 15.9 Å². The Morgan fingerprint density at radius 3 is 1.52 bits per heavy atom. The van der Waals surface area contributed by atoms with Crippen LogP contribution in [0.5, 0.6) is 0 Å². The Hall–Kier alpha value is -1.86. The van der Waals surface area contributed by atoms with Crippen molar-refractivity contribution in [2.45, 2.75) is 17.7 Å². The Morgan fingerprint density at radius 1 is 0.724 bits per heavy atom. The fourth-order valence-corrected chi connectivity index (χ4v) is 8.99. The molecule has 0 aliphatic heterocycles. The predicted octanol–water partition coefficient (Wildman–Crippen LogP) is 4.41. The topological polar surface area (TPSA) is 29.1 Å². The van der Waals surface area contributed by atoms with Crippen LogP contribution in [0.3, 0.4) is 0 Å². The molecular formula is C24H26Cl2NOP. The molecule has 3 rings (SSSR count). The van der Waals surface area contributed by atoms with Crippen LogP contribution in [0.1, 0.15) is 12.8 Å². The summed E-state index contributed by atoms with van der Waals surface area (Å²) in [5.41, 5.74) is 0. The van der Waals surface area contributed by atoms with Gasteiger partial charge in [-0.2, -0.15) is 0 Å². The second-order valence-corrected chi connectivity index (χ2v) is 12.2. The number of alkyl halides is 2. The van der Waals surface area contributed by atoms with Crippen molar-refractivity contribution in [2.24, 2.45) is 0 Å². The number of benzene rings is 3. The Labute approximate surface area is 183 Å². The zero-order valence-electron chi connectivity index (χ0n) is 16.2. The van der Waals surface area contributed by atoms with Crippen molar-refractivity contribution >= 4 is 52.3 Å². The molecule has 5 heteroatoms. The van der Waals surface area contributed by atoms with Gasteiger partial charge in [0, 0.05) is 0 Å². The molecule has 3 aromatic rings. The van der Waals surface area contributed by atoms with E-state index in [4.69, 9.17) is 23.2 Å². The SMILES string of the molecule is O=C(NCCCC[PH](c1ccccc1)(c1ccccc1)c1ccccc1)C(Cl)Cl. The maximum absolute atomic E-state index is 11.6. The average Bonchev–Trinajstić information content (AvgIpc) is 2.78. The van der Waals surface area contributed by atoms with Crippen LogP contribution in [0.2, 0.25) is 0 Å². The first-order chi connectivity index (χ1) is 14.1. The van der Waals surface area contributed by atoms with Gasteiger partial charge < -0.3 is 0 Å². The van der Waals surface area contributed by atoms with Gasteiger partial charge in [0.05, 0.1) is 0 Å². The number of rotatable bonds is 9. The molecule has 0 aliphatic carbocycles. The van der Waals surface area contributed by atoms with E-state index in [9.17, 15) is 4.79 Å². The molecule has 0 spiro atoms. The zero-order chi connectivity index (χ0) is 20.5. The van der Waals surface area contributed by atoms with E-state index in [2.05, 4.69) is 96.3 Å². The van der Waals surface area contributed by atoms with E-state index >= 15 is 0 Å². The maximum atomic E-state index is 11.6. The van der Waals surface area contributed by atoms with Crippen molar-refractivity contribution < 1.29 is 4.79 Å². The molecule has 3 aromatic carbocycles. The summed E-state index contributed by atoms with van der Waals surface area (Å²) in [6, 6.07) is 32.6. The summed E-state index contributed by atoms with van der Waals surface area (Å²) in [6.45, 7) is 0.581. The first-order valence-corrected chi connectivity index (χ1v) is 12.9. The molecule has 1 N–H and O–H groups in total. The molecule has 0 aromatic heterocycles. The zero-order valence-corrected chi connectivity index (χ0v) is 18.7. The van der Waals surface area contributed by atoms with Gasteiger partial charge >= 0.3 is 184 Å². The standard InChI is InChI=1S/C24H26Cl2NOP/c25-23(26)24(28)27-18-10-11-19-29(20-12-4-1-5-13-20,21-14-6-2-7-15-21)22-16-8-3-9-17-22/h1-9,12-17,23,29H,10-11,18-19H2,(H,27,28).